The fourth-order valence-electron chi connectivity index (χ4n) is 3.34. The second-order valence-corrected chi connectivity index (χ2v) is 6.75. The number of likely N-dealkylation sites (N-methyl/N-ethyl adjacent to an activating group) is 1. The summed E-state index contributed by atoms with van der Waals surface area (Å²) in [6.45, 7) is 24.3. The molecule has 1 amide bonds. The summed E-state index contributed by atoms with van der Waals surface area (Å²) >= 11 is 0. The van der Waals surface area contributed by atoms with E-state index in [1.807, 2.05) is 127 Å². The van der Waals surface area contributed by atoms with Gasteiger partial charge in [0.2, 0.25) is 5.91 Å². The van der Waals surface area contributed by atoms with Crippen LogP contribution in [0, 0.1) is 5.92 Å². The summed E-state index contributed by atoms with van der Waals surface area (Å²) in [6, 6.07) is 9.71. The number of carbonyl (C=O) groups excluding carboxylic acids is 1. The number of furan rings is 1. The van der Waals surface area contributed by atoms with Crippen LogP contribution in [0.5, 0.6) is 0 Å². The molecule has 1 aromatic carbocycles. The molecular weight excluding hydrogens is 472 g/mol. The molecule has 2 aromatic rings. The third-order valence-electron chi connectivity index (χ3n) is 4.97. The third-order valence-corrected chi connectivity index (χ3v) is 4.97. The number of allylic oxidation sites excluding steroid dienone is 3. The largest absolute Gasteiger partial charge is 0.459 e. The Kier molecular flexibility index (Phi) is 27.3. The van der Waals surface area contributed by atoms with Crippen LogP contribution in [-0.2, 0) is 16.1 Å². The number of amides is 1. The van der Waals surface area contributed by atoms with Crippen LogP contribution < -0.4 is 10.6 Å². The molecule has 38 heavy (non-hydrogen) atoms. The lowest BCUT2D eigenvalue weighted by Gasteiger charge is -2.13. The van der Waals surface area contributed by atoms with E-state index < -0.39 is 0 Å². The summed E-state index contributed by atoms with van der Waals surface area (Å²) in [5.74, 6) is 1.08. The predicted molar refractivity (Wildman–Crippen MR) is 168 cm³/mol. The van der Waals surface area contributed by atoms with Crippen LogP contribution in [-0.4, -0.2) is 25.1 Å². The number of hydrogen-bond donors (Lipinski definition) is 2. The molecule has 5 heteroatoms. The molecule has 2 N–H and O–H groups in total. The van der Waals surface area contributed by atoms with E-state index in [1.165, 1.54) is 0 Å². The molecule has 0 saturated heterocycles. The summed E-state index contributed by atoms with van der Waals surface area (Å²) in [4.78, 5) is 11.9. The van der Waals surface area contributed by atoms with E-state index >= 15 is 0 Å². The zero-order chi connectivity index (χ0) is 30.0. The maximum Gasteiger partial charge on any atom is 0.249 e. The molecule has 5 nitrogen and oxygen atoms in total. The van der Waals surface area contributed by atoms with E-state index in [0.29, 0.717) is 11.7 Å². The van der Waals surface area contributed by atoms with Crippen LogP contribution in [0.15, 0.2) is 70.8 Å². The molecule has 1 fully saturated rings. The standard InChI is InChI=1S/C21H22N2O3.6C2H6/c1-22-21-8-6-15(10-17(21)12-21)7-9-23-20(24)14-25-13-18-11-16-4-2-3-5-19(16)26-18;6*1-2/h2-11,17,22H,12-14H2,1H3,(H,23,24);6*1-2H3/b9-7+;;;;;;. The SMILES string of the molecule is CC.CC.CC.CC.CC.CC.CNC12C=CC(/C=C/NC(=O)COCc3cc4ccccc4o3)=CC1C2. The van der Waals surface area contributed by atoms with E-state index in [1.54, 1.807) is 6.20 Å². The van der Waals surface area contributed by atoms with Crippen LogP contribution >= 0.6 is 0 Å². The first-order chi connectivity index (χ1) is 18.7. The summed E-state index contributed by atoms with van der Waals surface area (Å²) in [5, 5.41) is 7.11. The van der Waals surface area contributed by atoms with Gasteiger partial charge in [-0.2, -0.15) is 0 Å². The van der Waals surface area contributed by atoms with Crippen molar-refractivity contribution in [2.45, 2.75) is 102 Å². The van der Waals surface area contributed by atoms with Gasteiger partial charge in [-0.3, -0.25) is 4.79 Å². The molecule has 4 rings (SSSR count). The Bertz CT molecular complexity index is 879. The molecule has 1 heterocycles. The van der Waals surface area contributed by atoms with Gasteiger partial charge in [0.25, 0.3) is 0 Å². The lowest BCUT2D eigenvalue weighted by atomic mass is 10.0. The average Bonchev–Trinajstić information content (AvgIpc) is 3.60. The monoisotopic (exact) mass is 530 g/mol. The average molecular weight is 531 g/mol. The highest BCUT2D eigenvalue weighted by atomic mass is 16.5. The molecular formula is C33H58N2O3. The highest BCUT2D eigenvalue weighted by Crippen LogP contribution is 2.48. The Morgan fingerprint density at radius 1 is 1.00 bits per heavy atom. The fraction of sp³-hybridized carbons (Fsp3) is 0.545. The minimum atomic E-state index is -0.186. The molecule has 2 aliphatic rings. The van der Waals surface area contributed by atoms with Crippen LogP contribution in [0.2, 0.25) is 0 Å². The van der Waals surface area contributed by atoms with E-state index in [0.717, 1.165) is 23.0 Å². The van der Waals surface area contributed by atoms with Gasteiger partial charge < -0.3 is 19.8 Å². The van der Waals surface area contributed by atoms with Gasteiger partial charge in [-0.25, -0.2) is 0 Å². The molecule has 2 atom stereocenters. The maximum atomic E-state index is 11.9. The molecule has 2 aliphatic carbocycles. The Morgan fingerprint density at radius 2 is 1.61 bits per heavy atom. The number of carbonyl (C=O) groups is 1. The van der Waals surface area contributed by atoms with Crippen molar-refractivity contribution in [2.75, 3.05) is 13.7 Å². The van der Waals surface area contributed by atoms with Crippen molar-refractivity contribution in [1.82, 2.24) is 10.6 Å². The first-order valence-electron chi connectivity index (χ1n) is 14.8. The molecule has 218 valence electrons. The molecule has 0 spiro atoms. The summed E-state index contributed by atoms with van der Waals surface area (Å²) in [5.41, 5.74) is 2.11. The highest BCUT2D eigenvalue weighted by Gasteiger charge is 2.50. The van der Waals surface area contributed by atoms with Crippen molar-refractivity contribution in [3.05, 3.63) is 72.2 Å². The van der Waals surface area contributed by atoms with Crippen LogP contribution in [0.4, 0.5) is 0 Å². The maximum absolute atomic E-state index is 11.9. The van der Waals surface area contributed by atoms with Crippen molar-refractivity contribution in [3.8, 4) is 0 Å². The fourth-order valence-corrected chi connectivity index (χ4v) is 3.34. The minimum absolute atomic E-state index is 0.0121. The van der Waals surface area contributed by atoms with Gasteiger partial charge in [0.1, 0.15) is 24.6 Å². The predicted octanol–water partition coefficient (Wildman–Crippen LogP) is 9.21. The molecule has 1 saturated carbocycles. The Balaban J connectivity index is -0.000000904. The first-order valence-corrected chi connectivity index (χ1v) is 14.8. The van der Waals surface area contributed by atoms with E-state index in [9.17, 15) is 4.79 Å². The molecule has 0 radical (unpaired) electrons. The number of para-hydroxylation sites is 1. The van der Waals surface area contributed by atoms with E-state index in [2.05, 4.69) is 28.9 Å². The van der Waals surface area contributed by atoms with Gasteiger partial charge in [-0.15, -0.1) is 0 Å². The number of fused-ring (bicyclic) bond motifs is 2. The van der Waals surface area contributed by atoms with Crippen molar-refractivity contribution in [2.24, 2.45) is 5.92 Å². The van der Waals surface area contributed by atoms with Gasteiger partial charge in [0, 0.05) is 23.0 Å². The zero-order valence-electron chi connectivity index (χ0n) is 26.7. The molecule has 0 bridgehead atoms. The zero-order valence-corrected chi connectivity index (χ0v) is 26.7. The Hall–Kier alpha value is -2.63. The Morgan fingerprint density at radius 3 is 2.16 bits per heavy atom. The third kappa shape index (κ3) is 13.8. The number of benzene rings is 1. The number of hydrogen-bond acceptors (Lipinski definition) is 4. The van der Waals surface area contributed by atoms with E-state index in [4.69, 9.17) is 9.15 Å². The van der Waals surface area contributed by atoms with Crippen LogP contribution in [0.1, 0.15) is 95.3 Å². The normalized spacial score (nSPS) is 17.3. The van der Waals surface area contributed by atoms with Gasteiger partial charge in [0.15, 0.2) is 0 Å². The second kappa shape index (κ2) is 26.0. The number of ether oxygens (including phenoxy) is 1. The van der Waals surface area contributed by atoms with Gasteiger partial charge >= 0.3 is 0 Å². The second-order valence-electron chi connectivity index (χ2n) is 6.75. The molecule has 2 unspecified atom stereocenters. The molecule has 1 aromatic heterocycles. The lowest BCUT2D eigenvalue weighted by Crippen LogP contribution is -2.28. The van der Waals surface area contributed by atoms with Gasteiger partial charge in [0.05, 0.1) is 0 Å². The summed E-state index contributed by atoms with van der Waals surface area (Å²) in [7, 11) is 1.99. The van der Waals surface area contributed by atoms with Crippen LogP contribution in [0.3, 0.4) is 0 Å². The van der Waals surface area contributed by atoms with E-state index in [-0.39, 0.29) is 24.7 Å². The van der Waals surface area contributed by atoms with Crippen molar-refractivity contribution >= 4 is 16.9 Å². The van der Waals surface area contributed by atoms with Crippen molar-refractivity contribution in [1.29, 1.82) is 0 Å². The van der Waals surface area contributed by atoms with Crippen LogP contribution in [0.25, 0.3) is 11.0 Å². The number of rotatable bonds is 7. The summed E-state index contributed by atoms with van der Waals surface area (Å²) < 4.78 is 11.1. The smallest absolute Gasteiger partial charge is 0.249 e. The van der Waals surface area contributed by atoms with Crippen molar-refractivity contribution < 1.29 is 13.9 Å². The highest BCUT2D eigenvalue weighted by molar-refractivity contribution is 5.78. The van der Waals surface area contributed by atoms with Gasteiger partial charge in [-0.1, -0.05) is 120 Å². The van der Waals surface area contributed by atoms with Gasteiger partial charge in [-0.05, 0) is 37.3 Å². The number of nitrogens with one attached hydrogen (secondary N) is 2. The topological polar surface area (TPSA) is 63.5 Å². The Labute approximate surface area is 234 Å². The lowest BCUT2D eigenvalue weighted by molar-refractivity contribution is -0.125. The summed E-state index contributed by atoms with van der Waals surface area (Å²) in [6.07, 6.45) is 11.2. The minimum Gasteiger partial charge on any atom is -0.459 e. The first kappa shape index (κ1) is 39.9. The molecule has 0 aliphatic heterocycles. The van der Waals surface area contributed by atoms with Crippen molar-refractivity contribution in [3.63, 3.8) is 0 Å². The quantitative estimate of drug-likeness (QED) is 0.374.